The molecule has 1 amide bonds. The predicted molar refractivity (Wildman–Crippen MR) is 98.5 cm³/mol. The molecule has 2 heterocycles. The molecule has 2 N–H and O–H groups in total. The quantitative estimate of drug-likeness (QED) is 0.613. The second kappa shape index (κ2) is 7.84. The Hall–Kier alpha value is -2.12. The Balaban J connectivity index is 1.84. The molecule has 0 radical (unpaired) electrons. The minimum atomic E-state index is -0.231. The number of hydrogen-bond acceptors (Lipinski definition) is 4. The number of fused-ring (bicyclic) bond motifs is 1. The van der Waals surface area contributed by atoms with Crippen molar-refractivity contribution >= 4 is 11.9 Å². The van der Waals surface area contributed by atoms with Crippen LogP contribution in [0, 0.1) is 12.8 Å². The molecule has 1 aromatic rings. The summed E-state index contributed by atoms with van der Waals surface area (Å²) in [6, 6.07) is 0. The Morgan fingerprint density at radius 2 is 2.12 bits per heavy atom. The Morgan fingerprint density at radius 1 is 1.40 bits per heavy atom. The van der Waals surface area contributed by atoms with Crippen LogP contribution in [0.2, 0.25) is 0 Å². The van der Waals surface area contributed by atoms with Gasteiger partial charge in [0.15, 0.2) is 5.96 Å². The highest BCUT2D eigenvalue weighted by atomic mass is 16.2. The first-order valence-corrected chi connectivity index (χ1v) is 8.81. The number of nitrogens with zero attached hydrogens (tertiary/aromatic N) is 5. The van der Waals surface area contributed by atoms with E-state index in [1.807, 2.05) is 39.6 Å². The zero-order valence-corrected chi connectivity index (χ0v) is 16.3. The van der Waals surface area contributed by atoms with Crippen LogP contribution in [0.15, 0.2) is 4.99 Å². The van der Waals surface area contributed by atoms with Crippen molar-refractivity contribution in [1.29, 1.82) is 0 Å². The zero-order chi connectivity index (χ0) is 18.6. The lowest BCUT2D eigenvalue weighted by Gasteiger charge is -2.28. The second-order valence-electron chi connectivity index (χ2n) is 7.76. The third-order valence-electron chi connectivity index (χ3n) is 4.25. The maximum atomic E-state index is 12.1. The van der Waals surface area contributed by atoms with Gasteiger partial charge in [-0.15, -0.1) is 10.2 Å². The third kappa shape index (κ3) is 5.44. The van der Waals surface area contributed by atoms with Gasteiger partial charge in [-0.2, -0.15) is 0 Å². The number of carbonyl (C=O) groups excluding carboxylic acids is 1. The minimum Gasteiger partial charge on any atom is -0.356 e. The Labute approximate surface area is 150 Å². The van der Waals surface area contributed by atoms with Crippen molar-refractivity contribution in [3.05, 3.63) is 11.6 Å². The standard InChI is InChI=1S/C17H31N7O/c1-12-21-22-14-8-7-13(10-24(12)14)9-19-16(18-5)23(6)11-15(25)20-17(2,3)4/h13H,7-11H2,1-6H3,(H,18,19)(H,20,25). The largest absolute Gasteiger partial charge is 0.356 e. The number of aliphatic imine (C=N–C) groups is 1. The number of carbonyl (C=O) groups is 1. The van der Waals surface area contributed by atoms with Crippen molar-refractivity contribution in [3.63, 3.8) is 0 Å². The van der Waals surface area contributed by atoms with E-state index in [2.05, 4.69) is 30.4 Å². The molecular formula is C17H31N7O. The van der Waals surface area contributed by atoms with Crippen molar-refractivity contribution in [3.8, 4) is 0 Å². The van der Waals surface area contributed by atoms with Crippen molar-refractivity contribution in [1.82, 2.24) is 30.3 Å². The van der Waals surface area contributed by atoms with Crippen LogP contribution >= 0.6 is 0 Å². The second-order valence-corrected chi connectivity index (χ2v) is 7.76. The lowest BCUT2D eigenvalue weighted by molar-refractivity contribution is -0.122. The number of nitrogens with one attached hydrogen (secondary N) is 2. The van der Waals surface area contributed by atoms with Crippen LogP contribution in [0.5, 0.6) is 0 Å². The maximum absolute atomic E-state index is 12.1. The van der Waals surface area contributed by atoms with Gasteiger partial charge >= 0.3 is 0 Å². The van der Waals surface area contributed by atoms with E-state index in [4.69, 9.17) is 0 Å². The van der Waals surface area contributed by atoms with Crippen molar-refractivity contribution in [2.24, 2.45) is 10.9 Å². The van der Waals surface area contributed by atoms with E-state index >= 15 is 0 Å². The van der Waals surface area contributed by atoms with Crippen LogP contribution in [0.25, 0.3) is 0 Å². The summed E-state index contributed by atoms with van der Waals surface area (Å²) in [6.07, 6.45) is 2.03. The van der Waals surface area contributed by atoms with Gasteiger partial charge in [0.05, 0.1) is 6.54 Å². The Kier molecular flexibility index (Phi) is 6.02. The number of aromatic nitrogens is 3. The van der Waals surface area contributed by atoms with Crippen molar-refractivity contribution in [2.75, 3.05) is 27.2 Å². The molecule has 0 aliphatic carbocycles. The Morgan fingerprint density at radius 3 is 2.76 bits per heavy atom. The molecule has 0 aromatic carbocycles. The smallest absolute Gasteiger partial charge is 0.240 e. The normalized spacial score (nSPS) is 17.8. The number of hydrogen-bond donors (Lipinski definition) is 2. The van der Waals surface area contributed by atoms with Gasteiger partial charge in [0.25, 0.3) is 0 Å². The van der Waals surface area contributed by atoms with E-state index in [0.717, 1.165) is 43.5 Å². The third-order valence-corrected chi connectivity index (χ3v) is 4.25. The molecule has 2 rings (SSSR count). The summed E-state index contributed by atoms with van der Waals surface area (Å²) >= 11 is 0. The molecule has 1 aromatic heterocycles. The number of likely N-dealkylation sites (N-methyl/N-ethyl adjacent to an activating group) is 1. The van der Waals surface area contributed by atoms with Crippen LogP contribution in [0.4, 0.5) is 0 Å². The molecule has 1 aliphatic rings. The zero-order valence-electron chi connectivity index (χ0n) is 16.3. The molecule has 0 fully saturated rings. The summed E-state index contributed by atoms with van der Waals surface area (Å²) in [5.74, 6) is 3.26. The first-order chi connectivity index (χ1) is 11.7. The Bertz CT molecular complexity index is 629. The molecule has 8 nitrogen and oxygen atoms in total. The van der Waals surface area contributed by atoms with E-state index in [1.54, 1.807) is 7.05 Å². The fourth-order valence-corrected chi connectivity index (χ4v) is 3.07. The molecule has 0 bridgehead atoms. The van der Waals surface area contributed by atoms with Crippen LogP contribution in [-0.2, 0) is 17.8 Å². The summed E-state index contributed by atoms with van der Waals surface area (Å²) in [6.45, 7) is 9.93. The highest BCUT2D eigenvalue weighted by molar-refractivity contribution is 5.86. The van der Waals surface area contributed by atoms with E-state index in [0.29, 0.717) is 5.92 Å². The molecule has 0 saturated carbocycles. The molecule has 8 heteroatoms. The molecule has 25 heavy (non-hydrogen) atoms. The van der Waals surface area contributed by atoms with E-state index < -0.39 is 0 Å². The minimum absolute atomic E-state index is 0.0135. The first kappa shape index (κ1) is 19.2. The van der Waals surface area contributed by atoms with Gasteiger partial charge in [-0.25, -0.2) is 0 Å². The molecular weight excluding hydrogens is 318 g/mol. The van der Waals surface area contributed by atoms with Crippen LogP contribution < -0.4 is 10.6 Å². The van der Waals surface area contributed by atoms with Gasteiger partial charge < -0.3 is 20.1 Å². The topological polar surface area (TPSA) is 87.4 Å². The first-order valence-electron chi connectivity index (χ1n) is 8.81. The van der Waals surface area contributed by atoms with Gasteiger partial charge in [0, 0.05) is 39.1 Å². The maximum Gasteiger partial charge on any atom is 0.240 e. The molecule has 0 spiro atoms. The summed E-state index contributed by atoms with van der Waals surface area (Å²) in [7, 11) is 3.61. The van der Waals surface area contributed by atoms with Gasteiger partial charge in [-0.3, -0.25) is 9.79 Å². The highest BCUT2D eigenvalue weighted by Crippen LogP contribution is 2.19. The highest BCUT2D eigenvalue weighted by Gasteiger charge is 2.22. The fraction of sp³-hybridized carbons (Fsp3) is 0.765. The van der Waals surface area contributed by atoms with Crippen LogP contribution in [0.1, 0.15) is 38.8 Å². The number of aryl methyl sites for hydroxylation is 2. The molecule has 0 saturated heterocycles. The van der Waals surface area contributed by atoms with E-state index in [1.165, 1.54) is 0 Å². The lowest BCUT2D eigenvalue weighted by atomic mass is 9.99. The summed E-state index contributed by atoms with van der Waals surface area (Å²) in [5, 5.41) is 14.7. The van der Waals surface area contributed by atoms with Gasteiger partial charge in [0.2, 0.25) is 5.91 Å². The average molecular weight is 349 g/mol. The fourth-order valence-electron chi connectivity index (χ4n) is 3.07. The summed E-state index contributed by atoms with van der Waals surface area (Å²) < 4.78 is 2.19. The SMILES string of the molecule is CN=C(NCC1CCc2nnc(C)n2C1)N(C)CC(=O)NC(C)(C)C. The molecule has 1 unspecified atom stereocenters. The molecule has 1 aliphatic heterocycles. The average Bonchev–Trinajstić information content (AvgIpc) is 2.87. The van der Waals surface area contributed by atoms with Crippen molar-refractivity contribution < 1.29 is 4.79 Å². The van der Waals surface area contributed by atoms with Gasteiger partial charge in [0.1, 0.15) is 11.6 Å². The van der Waals surface area contributed by atoms with Crippen molar-refractivity contribution in [2.45, 2.75) is 52.6 Å². The monoisotopic (exact) mass is 349 g/mol. The van der Waals surface area contributed by atoms with Crippen LogP contribution in [0.3, 0.4) is 0 Å². The number of rotatable bonds is 4. The van der Waals surface area contributed by atoms with E-state index in [9.17, 15) is 4.79 Å². The number of amides is 1. The summed E-state index contributed by atoms with van der Waals surface area (Å²) in [5.41, 5.74) is -0.231. The molecule has 1 atom stereocenters. The van der Waals surface area contributed by atoms with Gasteiger partial charge in [-0.1, -0.05) is 0 Å². The predicted octanol–water partition coefficient (Wildman–Crippen LogP) is 0.571. The summed E-state index contributed by atoms with van der Waals surface area (Å²) in [4.78, 5) is 18.2. The lowest BCUT2D eigenvalue weighted by Crippen LogP contribution is -2.49. The van der Waals surface area contributed by atoms with Crippen LogP contribution in [-0.4, -0.2) is 64.3 Å². The molecule has 140 valence electrons. The van der Waals surface area contributed by atoms with E-state index in [-0.39, 0.29) is 18.0 Å². The number of guanidine groups is 1. The van der Waals surface area contributed by atoms with Gasteiger partial charge in [-0.05, 0) is 40.0 Å².